The quantitative estimate of drug-likeness (QED) is 0.626. The smallest absolute Gasteiger partial charge is 0.224 e. The van der Waals surface area contributed by atoms with E-state index < -0.39 is 0 Å². The van der Waals surface area contributed by atoms with Gasteiger partial charge in [-0.1, -0.05) is 60.7 Å². The molecule has 4 heteroatoms. The van der Waals surface area contributed by atoms with Crippen LogP contribution in [0.15, 0.2) is 66.7 Å². The highest BCUT2D eigenvalue weighted by molar-refractivity contribution is 6.28. The molecule has 0 aliphatic heterocycles. The molecule has 2 aromatic carbocycles. The van der Waals surface area contributed by atoms with Gasteiger partial charge in [0.1, 0.15) is 5.82 Å². The predicted molar refractivity (Wildman–Crippen MR) is 102 cm³/mol. The van der Waals surface area contributed by atoms with E-state index >= 15 is 0 Å². The molecule has 0 bridgehead atoms. The highest BCUT2D eigenvalue weighted by Gasteiger charge is 2.34. The van der Waals surface area contributed by atoms with Crippen molar-refractivity contribution in [3.63, 3.8) is 0 Å². The van der Waals surface area contributed by atoms with Crippen LogP contribution in [-0.2, 0) is 6.54 Å². The lowest BCUT2D eigenvalue weighted by Gasteiger charge is -2.36. The first-order valence-corrected chi connectivity index (χ1v) is 9.04. The summed E-state index contributed by atoms with van der Waals surface area (Å²) in [5, 5.41) is 3.68. The first-order valence-electron chi connectivity index (χ1n) is 8.67. The van der Waals surface area contributed by atoms with Crippen molar-refractivity contribution >= 4 is 17.4 Å². The fourth-order valence-corrected chi connectivity index (χ4v) is 3.65. The van der Waals surface area contributed by atoms with Gasteiger partial charge in [-0.05, 0) is 41.5 Å². The van der Waals surface area contributed by atoms with Gasteiger partial charge in [0.25, 0.3) is 0 Å². The second kappa shape index (κ2) is 7.24. The molecule has 0 saturated heterocycles. The molecule has 3 aromatic rings. The first-order chi connectivity index (χ1) is 12.3. The molecule has 1 N–H and O–H groups in total. The zero-order chi connectivity index (χ0) is 17.1. The van der Waals surface area contributed by atoms with Crippen LogP contribution in [0.4, 0.5) is 5.82 Å². The molecule has 3 nitrogen and oxygen atoms in total. The van der Waals surface area contributed by atoms with Crippen molar-refractivity contribution in [3.05, 3.63) is 88.8 Å². The maximum absolute atomic E-state index is 6.19. The van der Waals surface area contributed by atoms with Crippen LogP contribution < -0.4 is 5.32 Å². The Kier molecular flexibility index (Phi) is 4.66. The van der Waals surface area contributed by atoms with Crippen LogP contribution in [0.1, 0.15) is 41.5 Å². The molecular formula is C21H20ClN3. The largest absolute Gasteiger partial charge is 0.366 e. The van der Waals surface area contributed by atoms with Gasteiger partial charge in [-0.3, -0.25) is 0 Å². The van der Waals surface area contributed by atoms with Gasteiger partial charge in [-0.25, -0.2) is 9.97 Å². The lowest BCUT2D eigenvalue weighted by atomic mass is 9.68. The van der Waals surface area contributed by atoms with Crippen LogP contribution in [0.25, 0.3) is 0 Å². The number of halogens is 1. The summed E-state index contributed by atoms with van der Waals surface area (Å²) in [6.07, 6.45) is 2.34. The van der Waals surface area contributed by atoms with Crippen molar-refractivity contribution in [2.75, 3.05) is 5.32 Å². The summed E-state index contributed by atoms with van der Waals surface area (Å²) in [4.78, 5) is 8.83. The number of hydrogen-bond donors (Lipinski definition) is 1. The van der Waals surface area contributed by atoms with Crippen molar-refractivity contribution < 1.29 is 0 Å². The standard InChI is InChI=1S/C21H20ClN3/c22-21-24-19(18-12-11-17(18)16-9-5-2-6-10-16)13-20(25-21)23-14-15-7-3-1-4-8-15/h1-10,13,17-18H,11-12,14H2,(H,23,24,25). The normalized spacial score (nSPS) is 19.2. The van der Waals surface area contributed by atoms with E-state index in [1.54, 1.807) is 0 Å². The Labute approximate surface area is 153 Å². The molecular weight excluding hydrogens is 330 g/mol. The molecule has 1 saturated carbocycles. The van der Waals surface area contributed by atoms with Gasteiger partial charge in [0.05, 0.1) is 5.69 Å². The molecule has 1 aliphatic carbocycles. The first kappa shape index (κ1) is 16.1. The van der Waals surface area contributed by atoms with E-state index in [4.69, 9.17) is 11.6 Å². The van der Waals surface area contributed by atoms with E-state index in [0.717, 1.165) is 24.5 Å². The molecule has 1 aromatic heterocycles. The summed E-state index contributed by atoms with van der Waals surface area (Å²) in [7, 11) is 0. The fourth-order valence-electron chi connectivity index (χ4n) is 3.46. The van der Waals surface area contributed by atoms with Gasteiger partial charge in [0.15, 0.2) is 0 Å². The minimum Gasteiger partial charge on any atom is -0.366 e. The molecule has 0 amide bonds. The third-order valence-electron chi connectivity index (χ3n) is 4.92. The maximum atomic E-state index is 6.19. The molecule has 0 spiro atoms. The van der Waals surface area contributed by atoms with Crippen LogP contribution in [0.5, 0.6) is 0 Å². The molecule has 126 valence electrons. The van der Waals surface area contributed by atoms with E-state index in [9.17, 15) is 0 Å². The lowest BCUT2D eigenvalue weighted by molar-refractivity contribution is 0.339. The third kappa shape index (κ3) is 3.67. The maximum Gasteiger partial charge on any atom is 0.224 e. The Balaban J connectivity index is 1.52. The van der Waals surface area contributed by atoms with Gasteiger partial charge in [0.2, 0.25) is 5.28 Å². The molecule has 1 aliphatic rings. The number of rotatable bonds is 5. The van der Waals surface area contributed by atoms with Crippen LogP contribution >= 0.6 is 11.6 Å². The van der Waals surface area contributed by atoms with Gasteiger partial charge in [-0.2, -0.15) is 0 Å². The van der Waals surface area contributed by atoms with Crippen LogP contribution in [0, 0.1) is 0 Å². The number of aromatic nitrogens is 2. The molecule has 4 rings (SSSR count). The van der Waals surface area contributed by atoms with E-state index in [2.05, 4.69) is 63.8 Å². The predicted octanol–water partition coefficient (Wildman–Crippen LogP) is 5.40. The van der Waals surface area contributed by atoms with Crippen molar-refractivity contribution in [1.29, 1.82) is 0 Å². The summed E-state index contributed by atoms with van der Waals surface area (Å²) in [6.45, 7) is 0.723. The second-order valence-electron chi connectivity index (χ2n) is 6.49. The highest BCUT2D eigenvalue weighted by Crippen LogP contribution is 2.48. The summed E-state index contributed by atoms with van der Waals surface area (Å²) in [6, 6.07) is 23.0. The molecule has 2 unspecified atom stereocenters. The number of nitrogens with zero attached hydrogens (tertiary/aromatic N) is 2. The van der Waals surface area contributed by atoms with Crippen LogP contribution in [-0.4, -0.2) is 9.97 Å². The Bertz CT molecular complexity index is 836. The minimum absolute atomic E-state index is 0.312. The van der Waals surface area contributed by atoms with Crippen molar-refractivity contribution in [2.45, 2.75) is 31.2 Å². The zero-order valence-electron chi connectivity index (χ0n) is 13.9. The Morgan fingerprint density at radius 3 is 2.24 bits per heavy atom. The van der Waals surface area contributed by atoms with Gasteiger partial charge >= 0.3 is 0 Å². The summed E-state index contributed by atoms with van der Waals surface area (Å²) >= 11 is 6.19. The van der Waals surface area contributed by atoms with Gasteiger partial charge in [0, 0.05) is 18.5 Å². The van der Waals surface area contributed by atoms with Crippen molar-refractivity contribution in [2.24, 2.45) is 0 Å². The lowest BCUT2D eigenvalue weighted by Crippen LogP contribution is -2.23. The Morgan fingerprint density at radius 2 is 1.56 bits per heavy atom. The number of anilines is 1. The van der Waals surface area contributed by atoms with E-state index in [-0.39, 0.29) is 0 Å². The second-order valence-corrected chi connectivity index (χ2v) is 6.83. The average Bonchev–Trinajstić information content (AvgIpc) is 2.60. The number of nitrogens with one attached hydrogen (secondary N) is 1. The summed E-state index contributed by atoms with van der Waals surface area (Å²) in [5.41, 5.74) is 3.63. The summed E-state index contributed by atoms with van der Waals surface area (Å²) in [5.74, 6) is 1.73. The third-order valence-corrected chi connectivity index (χ3v) is 5.09. The van der Waals surface area contributed by atoms with Crippen LogP contribution in [0.2, 0.25) is 5.28 Å². The van der Waals surface area contributed by atoms with E-state index in [1.807, 2.05) is 18.2 Å². The molecule has 0 radical (unpaired) electrons. The van der Waals surface area contributed by atoms with Gasteiger partial charge in [-0.15, -0.1) is 0 Å². The van der Waals surface area contributed by atoms with Crippen molar-refractivity contribution in [1.82, 2.24) is 9.97 Å². The minimum atomic E-state index is 0.312. The Morgan fingerprint density at radius 1 is 0.880 bits per heavy atom. The molecule has 1 fully saturated rings. The topological polar surface area (TPSA) is 37.8 Å². The highest BCUT2D eigenvalue weighted by atomic mass is 35.5. The van der Waals surface area contributed by atoms with Crippen molar-refractivity contribution in [3.8, 4) is 0 Å². The number of benzene rings is 2. The SMILES string of the molecule is Clc1nc(NCc2ccccc2)cc(C2CCC2c2ccccc2)n1. The monoisotopic (exact) mass is 349 g/mol. The summed E-state index contributed by atoms with van der Waals surface area (Å²) < 4.78 is 0. The van der Waals surface area contributed by atoms with E-state index in [1.165, 1.54) is 17.5 Å². The molecule has 25 heavy (non-hydrogen) atoms. The number of hydrogen-bond acceptors (Lipinski definition) is 3. The molecule has 1 heterocycles. The zero-order valence-corrected chi connectivity index (χ0v) is 14.7. The fraction of sp³-hybridized carbons (Fsp3) is 0.238. The Hall–Kier alpha value is -2.39. The van der Waals surface area contributed by atoms with E-state index in [0.29, 0.717) is 17.1 Å². The van der Waals surface area contributed by atoms with Crippen LogP contribution in [0.3, 0.4) is 0 Å². The molecule has 2 atom stereocenters. The van der Waals surface area contributed by atoms with Gasteiger partial charge < -0.3 is 5.32 Å². The average molecular weight is 350 g/mol.